The van der Waals surface area contributed by atoms with Gasteiger partial charge >= 0.3 is 0 Å². The summed E-state index contributed by atoms with van der Waals surface area (Å²) in [6.07, 6.45) is 3.44. The Morgan fingerprint density at radius 2 is 2.06 bits per heavy atom. The Balaban J connectivity index is 1.98. The molecule has 0 fully saturated rings. The average Bonchev–Trinajstić information content (AvgIpc) is 2.75. The van der Waals surface area contributed by atoms with Crippen LogP contribution in [0.4, 0.5) is 5.69 Å². The van der Waals surface area contributed by atoms with Crippen molar-refractivity contribution in [3.8, 4) is 0 Å². The summed E-state index contributed by atoms with van der Waals surface area (Å²) in [6, 6.07) is 4.85. The van der Waals surface area contributed by atoms with E-state index < -0.39 is 10.0 Å². The summed E-state index contributed by atoms with van der Waals surface area (Å²) in [4.78, 5) is 26.6. The van der Waals surface area contributed by atoms with Crippen molar-refractivity contribution >= 4 is 38.9 Å². The molecule has 2 unspecified atom stereocenters. The second-order valence-electron chi connectivity index (χ2n) is 8.85. The highest BCUT2D eigenvalue weighted by atomic mass is 35.5. The summed E-state index contributed by atoms with van der Waals surface area (Å²) in [7, 11) is -3.82. The molecule has 2 aromatic rings. The van der Waals surface area contributed by atoms with E-state index in [0.29, 0.717) is 29.6 Å². The molecule has 33 heavy (non-hydrogen) atoms. The number of sulfonamides is 1. The first-order valence-corrected chi connectivity index (χ1v) is 12.9. The number of fused-ring (bicyclic) bond motifs is 1. The van der Waals surface area contributed by atoms with Crippen LogP contribution in [0, 0.1) is 17.8 Å². The topological polar surface area (TPSA) is 127 Å². The van der Waals surface area contributed by atoms with E-state index in [1.54, 1.807) is 0 Å². The molecule has 2 aromatic heterocycles. The van der Waals surface area contributed by atoms with Crippen LogP contribution in [0.15, 0.2) is 34.3 Å². The van der Waals surface area contributed by atoms with Gasteiger partial charge in [0.2, 0.25) is 15.8 Å². The van der Waals surface area contributed by atoms with Crippen LogP contribution >= 0.6 is 11.6 Å². The van der Waals surface area contributed by atoms with Crippen molar-refractivity contribution < 1.29 is 13.2 Å². The minimum atomic E-state index is -3.82. The van der Waals surface area contributed by atoms with E-state index in [0.717, 1.165) is 23.4 Å². The predicted octanol–water partition coefficient (Wildman–Crippen LogP) is 3.77. The first kappa shape index (κ1) is 25.3. The van der Waals surface area contributed by atoms with Gasteiger partial charge in [-0.25, -0.2) is 18.5 Å². The Morgan fingerprint density at radius 3 is 2.64 bits per heavy atom. The molecule has 2 atom stereocenters. The molecule has 10 heteroatoms. The van der Waals surface area contributed by atoms with E-state index in [1.807, 2.05) is 19.9 Å². The van der Waals surface area contributed by atoms with Gasteiger partial charge in [0.25, 0.3) is 0 Å². The van der Waals surface area contributed by atoms with Gasteiger partial charge in [0.1, 0.15) is 10.0 Å². The number of hydrogen-bond donors (Lipinski definition) is 2. The Kier molecular flexibility index (Phi) is 7.87. The number of amidine groups is 1. The molecule has 3 N–H and O–H groups in total. The number of aliphatic imine (C=N–C) groups is 1. The SMILES string of the molecule is CCc1cc2c(nc1Cl)CC(CC(C)C)C(C)C(=O)C(=NCc1ccc(S(N)(=O)=O)cn1)N2. The number of aromatic nitrogens is 2. The molecular weight excluding hydrogens is 462 g/mol. The highest BCUT2D eigenvalue weighted by Crippen LogP contribution is 2.32. The summed E-state index contributed by atoms with van der Waals surface area (Å²) in [5.74, 6) is 0.442. The fourth-order valence-electron chi connectivity index (χ4n) is 3.97. The third kappa shape index (κ3) is 6.16. The zero-order valence-electron chi connectivity index (χ0n) is 19.3. The number of Topliss-reactive ketones (excluding diaryl/α,β-unsaturated/α-hetero) is 1. The van der Waals surface area contributed by atoms with Gasteiger partial charge in [-0.1, -0.05) is 39.3 Å². The van der Waals surface area contributed by atoms with Crippen LogP contribution in [0.2, 0.25) is 5.15 Å². The lowest BCUT2D eigenvalue weighted by atomic mass is 9.79. The maximum atomic E-state index is 13.4. The molecule has 0 spiro atoms. The number of rotatable bonds is 6. The van der Waals surface area contributed by atoms with Crippen LogP contribution in [-0.4, -0.2) is 30.0 Å². The molecule has 0 saturated carbocycles. The Bertz CT molecular complexity index is 1160. The van der Waals surface area contributed by atoms with Crippen molar-refractivity contribution in [1.82, 2.24) is 9.97 Å². The van der Waals surface area contributed by atoms with Crippen molar-refractivity contribution in [3.05, 3.63) is 46.5 Å². The normalized spacial score (nSPS) is 20.3. The van der Waals surface area contributed by atoms with Crippen molar-refractivity contribution in [2.24, 2.45) is 27.9 Å². The fraction of sp³-hybridized carbons (Fsp3) is 0.478. The molecule has 0 aromatic carbocycles. The van der Waals surface area contributed by atoms with Gasteiger partial charge < -0.3 is 5.32 Å². The van der Waals surface area contributed by atoms with Crippen LogP contribution < -0.4 is 10.5 Å². The second kappa shape index (κ2) is 10.3. The average molecular weight is 492 g/mol. The maximum absolute atomic E-state index is 13.4. The van der Waals surface area contributed by atoms with Gasteiger partial charge in [0.15, 0.2) is 5.84 Å². The third-order valence-corrected chi connectivity index (χ3v) is 7.10. The number of halogens is 1. The van der Waals surface area contributed by atoms with E-state index in [9.17, 15) is 13.2 Å². The predicted molar refractivity (Wildman–Crippen MR) is 130 cm³/mol. The number of nitrogens with one attached hydrogen (secondary N) is 1. The number of carbonyl (C=O) groups excluding carboxylic acids is 1. The Hall–Kier alpha value is -2.36. The van der Waals surface area contributed by atoms with E-state index in [-0.39, 0.29) is 34.9 Å². The van der Waals surface area contributed by atoms with E-state index in [4.69, 9.17) is 16.7 Å². The van der Waals surface area contributed by atoms with Crippen LogP contribution in [0.25, 0.3) is 0 Å². The number of hydrogen-bond acceptors (Lipinski definition) is 6. The van der Waals surface area contributed by atoms with Crippen LogP contribution in [-0.2, 0) is 34.2 Å². The quantitative estimate of drug-likeness (QED) is 0.592. The van der Waals surface area contributed by atoms with Gasteiger partial charge in [0.05, 0.1) is 23.6 Å². The van der Waals surface area contributed by atoms with E-state index in [1.165, 1.54) is 18.3 Å². The summed E-state index contributed by atoms with van der Waals surface area (Å²) >= 11 is 6.40. The van der Waals surface area contributed by atoms with Gasteiger partial charge in [-0.05, 0) is 54.9 Å². The highest BCUT2D eigenvalue weighted by Gasteiger charge is 2.32. The molecule has 1 aliphatic heterocycles. The number of aryl methyl sites for hydroxylation is 1. The second-order valence-corrected chi connectivity index (χ2v) is 10.8. The summed E-state index contributed by atoms with van der Waals surface area (Å²) < 4.78 is 22.9. The molecule has 178 valence electrons. The van der Waals surface area contributed by atoms with E-state index in [2.05, 4.69) is 34.1 Å². The van der Waals surface area contributed by atoms with Crippen LogP contribution in [0.3, 0.4) is 0 Å². The van der Waals surface area contributed by atoms with Crippen LogP contribution in [0.1, 0.15) is 51.1 Å². The number of primary sulfonamides is 1. The molecule has 0 radical (unpaired) electrons. The molecule has 3 heterocycles. The lowest BCUT2D eigenvalue weighted by Crippen LogP contribution is -2.36. The third-order valence-electron chi connectivity index (χ3n) is 5.87. The Labute approximate surface area is 200 Å². The molecule has 0 aliphatic carbocycles. The molecular formula is C23H30ClN5O3S. The molecule has 8 nitrogen and oxygen atoms in total. The van der Waals surface area contributed by atoms with Crippen molar-refractivity contribution in [1.29, 1.82) is 0 Å². The minimum absolute atomic E-state index is 0.0690. The van der Waals surface area contributed by atoms with Crippen molar-refractivity contribution in [3.63, 3.8) is 0 Å². The number of carbonyl (C=O) groups is 1. The summed E-state index contributed by atoms with van der Waals surface area (Å²) in [6.45, 7) is 8.32. The lowest BCUT2D eigenvalue weighted by Gasteiger charge is -2.29. The monoisotopic (exact) mass is 491 g/mol. The maximum Gasteiger partial charge on any atom is 0.239 e. The first-order chi connectivity index (χ1) is 15.5. The number of anilines is 1. The largest absolute Gasteiger partial charge is 0.336 e. The number of pyridine rings is 2. The van der Waals surface area contributed by atoms with Gasteiger partial charge in [-0.3, -0.25) is 14.8 Å². The standard InChI is InChI=1S/C23H30ClN5O3S/c1-5-15-9-20-19(28-22(15)24)10-16(8-13(2)3)14(4)21(30)23(29-20)27-11-17-6-7-18(12-26-17)33(25,31)32/h6-7,9,12-14,16H,5,8,10-11H2,1-4H3,(H,27,29)(H2,25,31,32). The number of ketones is 1. The molecule has 1 aliphatic rings. The number of nitrogens with zero attached hydrogens (tertiary/aromatic N) is 3. The highest BCUT2D eigenvalue weighted by molar-refractivity contribution is 7.89. The molecule has 3 rings (SSSR count). The zero-order chi connectivity index (χ0) is 24.3. The van der Waals surface area contributed by atoms with Gasteiger partial charge in [-0.15, -0.1) is 0 Å². The summed E-state index contributed by atoms with van der Waals surface area (Å²) in [5.41, 5.74) is 2.97. The lowest BCUT2D eigenvalue weighted by molar-refractivity contribution is -0.117. The van der Waals surface area contributed by atoms with Crippen molar-refractivity contribution in [2.75, 3.05) is 5.32 Å². The first-order valence-electron chi connectivity index (χ1n) is 11.0. The molecule has 0 saturated heterocycles. The number of nitrogens with two attached hydrogens (primary N) is 1. The Morgan fingerprint density at radius 1 is 1.33 bits per heavy atom. The van der Waals surface area contributed by atoms with Gasteiger partial charge in [0, 0.05) is 12.1 Å². The molecule has 0 amide bonds. The zero-order valence-corrected chi connectivity index (χ0v) is 20.9. The minimum Gasteiger partial charge on any atom is -0.336 e. The molecule has 0 bridgehead atoms. The van der Waals surface area contributed by atoms with Crippen LogP contribution in [0.5, 0.6) is 0 Å². The van der Waals surface area contributed by atoms with E-state index >= 15 is 0 Å². The van der Waals surface area contributed by atoms with Crippen molar-refractivity contribution in [2.45, 2.75) is 58.4 Å². The fourth-order valence-corrected chi connectivity index (χ4v) is 4.71. The summed E-state index contributed by atoms with van der Waals surface area (Å²) in [5, 5.41) is 8.81. The smallest absolute Gasteiger partial charge is 0.239 e. The van der Waals surface area contributed by atoms with Gasteiger partial charge in [-0.2, -0.15) is 0 Å².